The summed E-state index contributed by atoms with van der Waals surface area (Å²) in [6.07, 6.45) is 0. The minimum absolute atomic E-state index is 0.179. The molecule has 2 aromatic carbocycles. The Balaban J connectivity index is 2.41. The number of halogens is 1. The number of carbonyl (C=O) groups excluding carboxylic acids is 2. The fraction of sp³-hybridized carbons (Fsp3) is 0.143. The first kappa shape index (κ1) is 19.2. The fourth-order valence-electron chi connectivity index (χ4n) is 2.97. The molecule has 3 rings (SSSR count). The van der Waals surface area contributed by atoms with Gasteiger partial charge in [0, 0.05) is 5.69 Å². The lowest BCUT2D eigenvalue weighted by atomic mass is 10.0. The molecule has 1 aromatic heterocycles. The van der Waals surface area contributed by atoms with Gasteiger partial charge < -0.3 is 14.2 Å². The van der Waals surface area contributed by atoms with Gasteiger partial charge in [0.25, 0.3) is 0 Å². The maximum atomic E-state index is 15.4. The number of aromatic nitrogens is 1. The Labute approximate surface area is 161 Å². The van der Waals surface area contributed by atoms with Crippen molar-refractivity contribution in [1.29, 1.82) is 0 Å². The number of ether oxygens (including phenoxy) is 3. The zero-order valence-corrected chi connectivity index (χ0v) is 15.6. The molecule has 0 saturated carbocycles. The van der Waals surface area contributed by atoms with E-state index in [0.717, 1.165) is 7.11 Å². The van der Waals surface area contributed by atoms with E-state index < -0.39 is 23.4 Å². The molecule has 0 bridgehead atoms. The summed E-state index contributed by atoms with van der Waals surface area (Å²) >= 11 is 0. The van der Waals surface area contributed by atoms with E-state index in [-0.39, 0.29) is 11.3 Å². The minimum atomic E-state index is -0.970. The van der Waals surface area contributed by atoms with Crippen LogP contribution in [-0.2, 0) is 9.47 Å². The Kier molecular flexibility index (Phi) is 5.44. The van der Waals surface area contributed by atoms with E-state index in [4.69, 9.17) is 14.2 Å². The van der Waals surface area contributed by atoms with Crippen molar-refractivity contribution in [1.82, 2.24) is 4.57 Å². The first-order valence-corrected chi connectivity index (χ1v) is 8.34. The van der Waals surface area contributed by atoms with Crippen molar-refractivity contribution in [2.75, 3.05) is 21.3 Å². The van der Waals surface area contributed by atoms with Gasteiger partial charge in [-0.25, -0.2) is 9.59 Å². The second kappa shape index (κ2) is 7.96. The first-order chi connectivity index (χ1) is 13.5. The summed E-state index contributed by atoms with van der Waals surface area (Å²) < 4.78 is 31.3. The van der Waals surface area contributed by atoms with Gasteiger partial charge in [0.15, 0.2) is 0 Å². The highest BCUT2D eigenvalue weighted by molar-refractivity contribution is 6.08. The van der Waals surface area contributed by atoms with Gasteiger partial charge in [-0.3, -0.25) is 4.57 Å². The van der Waals surface area contributed by atoms with E-state index in [0.29, 0.717) is 17.0 Å². The van der Waals surface area contributed by atoms with E-state index in [1.165, 1.54) is 18.8 Å². The van der Waals surface area contributed by atoms with Crippen molar-refractivity contribution in [3.05, 3.63) is 71.7 Å². The van der Waals surface area contributed by atoms with Crippen molar-refractivity contribution in [2.45, 2.75) is 0 Å². The van der Waals surface area contributed by atoms with Crippen molar-refractivity contribution in [2.24, 2.45) is 0 Å². The number of rotatable bonds is 5. The van der Waals surface area contributed by atoms with Crippen molar-refractivity contribution in [3.8, 4) is 22.7 Å². The average molecular weight is 383 g/mol. The zero-order chi connectivity index (χ0) is 20.3. The third kappa shape index (κ3) is 3.22. The molecule has 0 aliphatic rings. The summed E-state index contributed by atoms with van der Waals surface area (Å²) in [6.45, 7) is 0. The number of para-hydroxylation sites is 1. The predicted molar refractivity (Wildman–Crippen MR) is 100 cm³/mol. The molecule has 0 aliphatic carbocycles. The van der Waals surface area contributed by atoms with Crippen LogP contribution in [0.4, 0.5) is 4.39 Å². The zero-order valence-electron chi connectivity index (χ0n) is 15.6. The molecule has 0 atom stereocenters. The number of hydrogen-bond donors (Lipinski definition) is 0. The molecule has 0 N–H and O–H groups in total. The largest absolute Gasteiger partial charge is 0.497 e. The highest BCUT2D eigenvalue weighted by atomic mass is 19.1. The third-order valence-corrected chi connectivity index (χ3v) is 4.27. The van der Waals surface area contributed by atoms with Gasteiger partial charge >= 0.3 is 11.9 Å². The van der Waals surface area contributed by atoms with Crippen LogP contribution in [0.2, 0.25) is 0 Å². The van der Waals surface area contributed by atoms with Crippen LogP contribution in [0.3, 0.4) is 0 Å². The van der Waals surface area contributed by atoms with Crippen LogP contribution in [0, 0.1) is 5.95 Å². The van der Waals surface area contributed by atoms with Crippen LogP contribution in [0.5, 0.6) is 5.75 Å². The third-order valence-electron chi connectivity index (χ3n) is 4.27. The maximum Gasteiger partial charge on any atom is 0.343 e. The standard InChI is InChI=1S/C21H18FNO5/c1-26-15-11-9-13(10-12-15)18-16(20(24)27-2)17(21(25)28-3)19(22)23(18)14-7-5-4-6-8-14/h4-12H,1-3H3. The SMILES string of the molecule is COC(=O)c1c(C(=O)OC)c(-c2ccc(OC)cc2)n(-c2ccccc2)c1F. The number of esters is 2. The molecule has 0 fully saturated rings. The van der Waals surface area contributed by atoms with Crippen LogP contribution in [-0.4, -0.2) is 37.8 Å². The molecule has 7 heteroatoms. The van der Waals surface area contributed by atoms with Gasteiger partial charge in [-0.05, 0) is 42.0 Å². The van der Waals surface area contributed by atoms with Crippen molar-refractivity contribution in [3.63, 3.8) is 0 Å². The van der Waals surface area contributed by atoms with Crippen molar-refractivity contribution < 1.29 is 28.2 Å². The van der Waals surface area contributed by atoms with Gasteiger partial charge in [-0.1, -0.05) is 18.2 Å². The smallest absolute Gasteiger partial charge is 0.343 e. The van der Waals surface area contributed by atoms with Crippen LogP contribution < -0.4 is 4.74 Å². The number of carbonyl (C=O) groups is 2. The second-order valence-corrected chi connectivity index (χ2v) is 5.77. The molecule has 0 unspecified atom stereocenters. The van der Waals surface area contributed by atoms with Crippen LogP contribution in [0.1, 0.15) is 20.7 Å². The maximum absolute atomic E-state index is 15.4. The molecule has 0 saturated heterocycles. The number of hydrogen-bond acceptors (Lipinski definition) is 5. The molecule has 144 valence electrons. The van der Waals surface area contributed by atoms with Gasteiger partial charge in [0.2, 0.25) is 5.95 Å². The number of nitrogens with zero attached hydrogens (tertiary/aromatic N) is 1. The molecular weight excluding hydrogens is 365 g/mol. The lowest BCUT2D eigenvalue weighted by Gasteiger charge is -2.12. The van der Waals surface area contributed by atoms with E-state index >= 15 is 4.39 Å². The average Bonchev–Trinajstić information content (AvgIpc) is 3.06. The molecule has 1 heterocycles. The normalized spacial score (nSPS) is 10.4. The summed E-state index contributed by atoms with van der Waals surface area (Å²) in [6, 6.07) is 15.2. The van der Waals surface area contributed by atoms with Crippen LogP contribution >= 0.6 is 0 Å². The van der Waals surface area contributed by atoms with E-state index in [1.54, 1.807) is 54.6 Å². The van der Waals surface area contributed by atoms with Gasteiger partial charge in [-0.2, -0.15) is 4.39 Å². The fourth-order valence-corrected chi connectivity index (χ4v) is 2.97. The molecule has 0 aliphatic heterocycles. The van der Waals surface area contributed by atoms with E-state index in [1.807, 2.05) is 0 Å². The van der Waals surface area contributed by atoms with Gasteiger partial charge in [0.05, 0.1) is 27.0 Å². The Hall–Kier alpha value is -3.61. The lowest BCUT2D eigenvalue weighted by molar-refractivity contribution is 0.0553. The van der Waals surface area contributed by atoms with E-state index in [9.17, 15) is 9.59 Å². The first-order valence-electron chi connectivity index (χ1n) is 8.34. The second-order valence-electron chi connectivity index (χ2n) is 5.77. The lowest BCUT2D eigenvalue weighted by Crippen LogP contribution is -2.11. The molecule has 0 spiro atoms. The summed E-state index contributed by atoms with van der Waals surface area (Å²) in [5.41, 5.74) is 0.425. The minimum Gasteiger partial charge on any atom is -0.497 e. The molecule has 0 radical (unpaired) electrons. The molecule has 0 amide bonds. The van der Waals surface area contributed by atoms with Crippen LogP contribution in [0.15, 0.2) is 54.6 Å². The number of methoxy groups -OCH3 is 3. The monoisotopic (exact) mass is 383 g/mol. The van der Waals surface area contributed by atoms with Gasteiger partial charge in [-0.15, -0.1) is 0 Å². The Morgan fingerprint density at radius 3 is 1.93 bits per heavy atom. The Morgan fingerprint density at radius 1 is 0.821 bits per heavy atom. The molecule has 3 aromatic rings. The topological polar surface area (TPSA) is 66.8 Å². The molecule has 28 heavy (non-hydrogen) atoms. The number of benzene rings is 2. The Morgan fingerprint density at radius 2 is 1.39 bits per heavy atom. The highest BCUT2D eigenvalue weighted by Gasteiger charge is 2.34. The van der Waals surface area contributed by atoms with E-state index in [2.05, 4.69) is 0 Å². The summed E-state index contributed by atoms with van der Waals surface area (Å²) in [5, 5.41) is 0. The Bertz CT molecular complexity index is 1010. The van der Waals surface area contributed by atoms with Crippen LogP contribution in [0.25, 0.3) is 16.9 Å². The predicted octanol–water partition coefficient (Wildman–Crippen LogP) is 3.87. The molecule has 6 nitrogen and oxygen atoms in total. The van der Waals surface area contributed by atoms with Crippen molar-refractivity contribution >= 4 is 11.9 Å². The quantitative estimate of drug-likeness (QED) is 0.626. The summed E-state index contributed by atoms with van der Waals surface area (Å²) in [5.74, 6) is -2.14. The summed E-state index contributed by atoms with van der Waals surface area (Å²) in [4.78, 5) is 24.8. The molecular formula is C21H18FNO5. The highest BCUT2D eigenvalue weighted by Crippen LogP contribution is 2.35. The van der Waals surface area contributed by atoms with Gasteiger partial charge in [0.1, 0.15) is 16.9 Å². The summed E-state index contributed by atoms with van der Waals surface area (Å²) in [7, 11) is 3.81.